The van der Waals surface area contributed by atoms with Crippen LogP contribution in [0.1, 0.15) is 11.1 Å². The smallest absolute Gasteiger partial charge is 0.330 e. The first kappa shape index (κ1) is 18.9. The molecule has 29 heavy (non-hydrogen) atoms. The van der Waals surface area contributed by atoms with Crippen LogP contribution in [0, 0.1) is 0 Å². The van der Waals surface area contributed by atoms with E-state index in [1.165, 1.54) is 0 Å². The molecule has 7 nitrogen and oxygen atoms in total. The van der Waals surface area contributed by atoms with E-state index < -0.39 is 24.0 Å². The third kappa shape index (κ3) is 3.91. The summed E-state index contributed by atoms with van der Waals surface area (Å²) in [4.78, 5) is 30.9. The minimum Gasteiger partial charge on any atom is -0.391 e. The molecule has 0 saturated heterocycles. The monoisotopic (exact) mass is 390 g/mol. The first-order valence-electron chi connectivity index (χ1n) is 9.39. The van der Waals surface area contributed by atoms with Crippen molar-refractivity contribution in [3.8, 4) is 0 Å². The van der Waals surface area contributed by atoms with E-state index in [0.717, 1.165) is 32.9 Å². The molecular weight excluding hydrogens is 368 g/mol. The molecule has 0 amide bonds. The van der Waals surface area contributed by atoms with Crippen LogP contribution in [0.3, 0.4) is 0 Å². The Balaban J connectivity index is 1.37. The van der Waals surface area contributed by atoms with Gasteiger partial charge in [-0.25, -0.2) is 9.59 Å². The standard InChI is InChI=1S/C22H22N4O3/c23-17(9-13-11-25-19-7-3-1-5-15(13)19)21(27)29-22(28)18(24)10-14-12-26-20-8-4-2-6-16(14)20/h1-8,11-12,17-18,25-26H,9-10,23-24H2. The van der Waals surface area contributed by atoms with Gasteiger partial charge in [-0.1, -0.05) is 36.4 Å². The van der Waals surface area contributed by atoms with Crippen molar-refractivity contribution < 1.29 is 14.3 Å². The minimum absolute atomic E-state index is 0.258. The Labute approximate surface area is 167 Å². The van der Waals surface area contributed by atoms with E-state index >= 15 is 0 Å². The van der Waals surface area contributed by atoms with Gasteiger partial charge in [0.2, 0.25) is 0 Å². The molecule has 2 atom stereocenters. The highest BCUT2D eigenvalue weighted by molar-refractivity contribution is 5.92. The number of carbonyl (C=O) groups excluding carboxylic acids is 2. The molecule has 0 bridgehead atoms. The summed E-state index contributed by atoms with van der Waals surface area (Å²) in [6, 6.07) is 13.5. The quantitative estimate of drug-likeness (QED) is 0.296. The Morgan fingerprint density at radius 1 is 0.759 bits per heavy atom. The highest BCUT2D eigenvalue weighted by Gasteiger charge is 2.25. The number of fused-ring (bicyclic) bond motifs is 2. The second-order valence-corrected chi connectivity index (χ2v) is 7.08. The van der Waals surface area contributed by atoms with Gasteiger partial charge in [-0.05, 0) is 23.3 Å². The largest absolute Gasteiger partial charge is 0.391 e. The Morgan fingerprint density at radius 3 is 1.62 bits per heavy atom. The second-order valence-electron chi connectivity index (χ2n) is 7.08. The highest BCUT2D eigenvalue weighted by Crippen LogP contribution is 2.20. The van der Waals surface area contributed by atoms with E-state index in [1.807, 2.05) is 60.9 Å². The number of esters is 2. The summed E-state index contributed by atoms with van der Waals surface area (Å²) in [6.45, 7) is 0. The number of hydrogen-bond donors (Lipinski definition) is 4. The first-order chi connectivity index (χ1) is 14.0. The van der Waals surface area contributed by atoms with Crippen LogP contribution in [-0.4, -0.2) is 34.0 Å². The summed E-state index contributed by atoms with van der Waals surface area (Å²) in [5.41, 5.74) is 15.6. The molecule has 148 valence electrons. The molecule has 4 aromatic rings. The van der Waals surface area contributed by atoms with E-state index in [1.54, 1.807) is 0 Å². The fourth-order valence-corrected chi connectivity index (χ4v) is 3.49. The third-order valence-corrected chi connectivity index (χ3v) is 5.04. The predicted octanol–water partition coefficient (Wildman–Crippen LogP) is 2.16. The maximum Gasteiger partial charge on any atom is 0.330 e. The summed E-state index contributed by atoms with van der Waals surface area (Å²) >= 11 is 0. The maximum atomic E-state index is 12.3. The predicted molar refractivity (Wildman–Crippen MR) is 111 cm³/mol. The SMILES string of the molecule is NC(Cc1c[nH]c2ccccc12)C(=O)OC(=O)C(N)Cc1c[nH]c2ccccc12. The summed E-state index contributed by atoms with van der Waals surface area (Å²) in [5, 5.41) is 1.97. The Hall–Kier alpha value is -3.42. The fraction of sp³-hybridized carbons (Fsp3) is 0.182. The van der Waals surface area contributed by atoms with Crippen molar-refractivity contribution in [2.24, 2.45) is 11.5 Å². The van der Waals surface area contributed by atoms with Crippen molar-refractivity contribution >= 4 is 33.7 Å². The summed E-state index contributed by atoms with van der Waals surface area (Å²) in [6.07, 6.45) is 4.13. The van der Waals surface area contributed by atoms with Gasteiger partial charge in [-0.2, -0.15) is 0 Å². The molecule has 2 unspecified atom stereocenters. The van der Waals surface area contributed by atoms with Crippen LogP contribution in [0.4, 0.5) is 0 Å². The van der Waals surface area contributed by atoms with Gasteiger partial charge in [-0.15, -0.1) is 0 Å². The number of nitrogens with one attached hydrogen (secondary N) is 2. The maximum absolute atomic E-state index is 12.3. The van der Waals surface area contributed by atoms with Crippen LogP contribution in [-0.2, 0) is 27.2 Å². The van der Waals surface area contributed by atoms with Crippen molar-refractivity contribution in [2.75, 3.05) is 0 Å². The molecule has 2 aromatic carbocycles. The van der Waals surface area contributed by atoms with Gasteiger partial charge in [0.1, 0.15) is 12.1 Å². The molecule has 0 aliphatic carbocycles. The average molecular weight is 390 g/mol. The van der Waals surface area contributed by atoms with E-state index in [4.69, 9.17) is 16.2 Å². The van der Waals surface area contributed by atoms with Crippen LogP contribution in [0.5, 0.6) is 0 Å². The lowest BCUT2D eigenvalue weighted by molar-refractivity contribution is -0.161. The molecule has 0 fully saturated rings. The van der Waals surface area contributed by atoms with Crippen molar-refractivity contribution in [3.63, 3.8) is 0 Å². The molecular formula is C22H22N4O3. The van der Waals surface area contributed by atoms with Crippen LogP contribution in [0.15, 0.2) is 60.9 Å². The topological polar surface area (TPSA) is 127 Å². The number of hydrogen-bond acceptors (Lipinski definition) is 5. The number of rotatable bonds is 6. The summed E-state index contributed by atoms with van der Waals surface area (Å²) < 4.78 is 4.95. The molecule has 6 N–H and O–H groups in total. The van der Waals surface area contributed by atoms with E-state index in [-0.39, 0.29) is 12.8 Å². The van der Waals surface area contributed by atoms with E-state index in [9.17, 15) is 9.59 Å². The Kier molecular flexibility index (Phi) is 5.16. The molecule has 0 spiro atoms. The van der Waals surface area contributed by atoms with Gasteiger partial charge in [0.25, 0.3) is 0 Å². The zero-order valence-electron chi connectivity index (χ0n) is 15.7. The van der Waals surface area contributed by atoms with Gasteiger partial charge in [0.05, 0.1) is 0 Å². The molecule has 4 rings (SSSR count). The lowest BCUT2D eigenvalue weighted by Gasteiger charge is -2.13. The normalized spacial score (nSPS) is 13.4. The van der Waals surface area contributed by atoms with Crippen LogP contribution in [0.25, 0.3) is 21.8 Å². The second kappa shape index (κ2) is 7.90. The number of aromatic amines is 2. The molecule has 0 aliphatic heterocycles. The summed E-state index contributed by atoms with van der Waals surface area (Å²) in [7, 11) is 0. The van der Waals surface area contributed by atoms with Gasteiger partial charge < -0.3 is 26.2 Å². The van der Waals surface area contributed by atoms with E-state index in [2.05, 4.69) is 9.97 Å². The van der Waals surface area contributed by atoms with Crippen LogP contribution in [0.2, 0.25) is 0 Å². The van der Waals surface area contributed by atoms with Gasteiger partial charge in [-0.3, -0.25) is 0 Å². The molecule has 0 saturated carbocycles. The first-order valence-corrected chi connectivity index (χ1v) is 9.39. The lowest BCUT2D eigenvalue weighted by atomic mass is 10.0. The molecule has 0 aliphatic rings. The minimum atomic E-state index is -0.960. The molecule has 2 aromatic heterocycles. The molecule has 0 radical (unpaired) electrons. The Bertz CT molecular complexity index is 1080. The number of carbonyl (C=O) groups is 2. The fourth-order valence-electron chi connectivity index (χ4n) is 3.49. The summed E-state index contributed by atoms with van der Waals surface area (Å²) in [5.74, 6) is -1.57. The number of aromatic nitrogens is 2. The van der Waals surface area contributed by atoms with Gasteiger partial charge in [0.15, 0.2) is 0 Å². The van der Waals surface area contributed by atoms with Crippen molar-refractivity contribution in [1.29, 1.82) is 0 Å². The van der Waals surface area contributed by atoms with Gasteiger partial charge in [0, 0.05) is 47.0 Å². The number of nitrogens with two attached hydrogens (primary N) is 2. The Morgan fingerprint density at radius 2 is 1.17 bits per heavy atom. The zero-order valence-corrected chi connectivity index (χ0v) is 15.7. The molecule has 7 heteroatoms. The van der Waals surface area contributed by atoms with Crippen LogP contribution >= 0.6 is 0 Å². The number of H-pyrrole nitrogens is 2. The lowest BCUT2D eigenvalue weighted by Crippen LogP contribution is -2.41. The third-order valence-electron chi connectivity index (χ3n) is 5.04. The number of para-hydroxylation sites is 2. The van der Waals surface area contributed by atoms with Crippen molar-refractivity contribution in [3.05, 3.63) is 72.1 Å². The molecule has 2 heterocycles. The number of ether oxygens (including phenoxy) is 1. The number of benzene rings is 2. The van der Waals surface area contributed by atoms with Gasteiger partial charge >= 0.3 is 11.9 Å². The van der Waals surface area contributed by atoms with Crippen molar-refractivity contribution in [1.82, 2.24) is 9.97 Å². The van der Waals surface area contributed by atoms with Crippen molar-refractivity contribution in [2.45, 2.75) is 24.9 Å². The zero-order chi connectivity index (χ0) is 20.4. The van der Waals surface area contributed by atoms with Crippen LogP contribution < -0.4 is 11.5 Å². The highest BCUT2D eigenvalue weighted by atomic mass is 16.6. The average Bonchev–Trinajstić information content (AvgIpc) is 3.32. The van der Waals surface area contributed by atoms with E-state index in [0.29, 0.717) is 0 Å².